The molecule has 0 aliphatic heterocycles. The van der Waals surface area contributed by atoms with Crippen LogP contribution in [-0.2, 0) is 4.79 Å². The van der Waals surface area contributed by atoms with Gasteiger partial charge in [-0.1, -0.05) is 43.2 Å². The van der Waals surface area contributed by atoms with Crippen LogP contribution < -0.4 is 10.6 Å². The first-order valence-corrected chi connectivity index (χ1v) is 7.36. The lowest BCUT2D eigenvalue weighted by atomic mass is 9.83. The molecule has 1 fully saturated rings. The highest BCUT2D eigenvalue weighted by atomic mass is 16.4. The number of nitriles is 1. The van der Waals surface area contributed by atoms with Crippen molar-refractivity contribution in [2.75, 3.05) is 0 Å². The predicted molar refractivity (Wildman–Crippen MR) is 79.8 cm³/mol. The van der Waals surface area contributed by atoms with E-state index in [1.807, 2.05) is 6.07 Å². The van der Waals surface area contributed by atoms with Crippen LogP contribution in [-0.4, -0.2) is 23.1 Å². The molecule has 3 N–H and O–H groups in total. The molecule has 0 unspecified atom stereocenters. The average Bonchev–Trinajstić information content (AvgIpc) is 2.53. The molecule has 0 bridgehead atoms. The van der Waals surface area contributed by atoms with E-state index in [2.05, 4.69) is 16.7 Å². The Balaban J connectivity index is 2.05. The summed E-state index contributed by atoms with van der Waals surface area (Å²) in [5, 5.41) is 23.3. The molecule has 1 aliphatic carbocycles. The fraction of sp³-hybridized carbons (Fsp3) is 0.438. The second kappa shape index (κ2) is 7.46. The number of carbonyl (C=O) groups is 2. The fourth-order valence-electron chi connectivity index (χ4n) is 2.86. The molecule has 1 aromatic rings. The number of nitrogens with one attached hydrogen (secondary N) is 2. The van der Waals surface area contributed by atoms with Crippen molar-refractivity contribution in [1.29, 1.82) is 5.26 Å². The van der Waals surface area contributed by atoms with Crippen LogP contribution >= 0.6 is 0 Å². The molecule has 1 aromatic carbocycles. The molecule has 22 heavy (non-hydrogen) atoms. The third-order valence-corrected chi connectivity index (χ3v) is 3.96. The van der Waals surface area contributed by atoms with Gasteiger partial charge in [-0.2, -0.15) is 5.26 Å². The molecule has 1 aliphatic rings. The van der Waals surface area contributed by atoms with E-state index in [-0.39, 0.29) is 11.9 Å². The SMILES string of the molecule is N#C[C@@H](NC(=O)[C@@H]1CCCC[C@H]1NC(=O)O)c1ccccc1. The second-order valence-electron chi connectivity index (χ2n) is 5.43. The van der Waals surface area contributed by atoms with E-state index in [4.69, 9.17) is 5.11 Å². The van der Waals surface area contributed by atoms with Gasteiger partial charge in [0.2, 0.25) is 5.91 Å². The van der Waals surface area contributed by atoms with Gasteiger partial charge in [0.15, 0.2) is 0 Å². The van der Waals surface area contributed by atoms with Crippen molar-refractivity contribution in [2.24, 2.45) is 5.92 Å². The molecule has 0 aromatic heterocycles. The Labute approximate surface area is 129 Å². The molecular weight excluding hydrogens is 282 g/mol. The molecule has 2 rings (SSSR count). The van der Waals surface area contributed by atoms with Crippen molar-refractivity contribution in [3.05, 3.63) is 35.9 Å². The van der Waals surface area contributed by atoms with Gasteiger partial charge >= 0.3 is 6.09 Å². The molecule has 0 spiro atoms. The summed E-state index contributed by atoms with van der Waals surface area (Å²) in [6.45, 7) is 0. The molecule has 3 atom stereocenters. The summed E-state index contributed by atoms with van der Waals surface area (Å²) in [6, 6.07) is 9.98. The zero-order valence-corrected chi connectivity index (χ0v) is 12.2. The highest BCUT2D eigenvalue weighted by Crippen LogP contribution is 2.25. The van der Waals surface area contributed by atoms with Crippen LogP contribution in [0.4, 0.5) is 4.79 Å². The number of hydrogen-bond acceptors (Lipinski definition) is 3. The van der Waals surface area contributed by atoms with Crippen molar-refractivity contribution >= 4 is 12.0 Å². The molecular formula is C16H19N3O3. The summed E-state index contributed by atoms with van der Waals surface area (Å²) in [6.07, 6.45) is 1.94. The lowest BCUT2D eigenvalue weighted by molar-refractivity contribution is -0.127. The summed E-state index contributed by atoms with van der Waals surface area (Å²) < 4.78 is 0. The Hall–Kier alpha value is -2.55. The Morgan fingerprint density at radius 3 is 2.55 bits per heavy atom. The van der Waals surface area contributed by atoms with Crippen molar-refractivity contribution in [3.8, 4) is 6.07 Å². The Kier molecular flexibility index (Phi) is 5.37. The molecule has 6 nitrogen and oxygen atoms in total. The van der Waals surface area contributed by atoms with E-state index in [0.29, 0.717) is 12.8 Å². The summed E-state index contributed by atoms with van der Waals surface area (Å²) in [5.41, 5.74) is 0.719. The van der Waals surface area contributed by atoms with Crippen LogP contribution in [0.15, 0.2) is 30.3 Å². The molecule has 116 valence electrons. The van der Waals surface area contributed by atoms with Gasteiger partial charge in [0, 0.05) is 6.04 Å². The highest BCUT2D eigenvalue weighted by Gasteiger charge is 2.33. The van der Waals surface area contributed by atoms with E-state index in [0.717, 1.165) is 18.4 Å². The highest BCUT2D eigenvalue weighted by molar-refractivity contribution is 5.81. The van der Waals surface area contributed by atoms with E-state index in [1.54, 1.807) is 24.3 Å². The minimum atomic E-state index is -1.12. The van der Waals surface area contributed by atoms with Crippen molar-refractivity contribution < 1.29 is 14.7 Å². The number of nitrogens with zero attached hydrogens (tertiary/aromatic N) is 1. The Morgan fingerprint density at radius 2 is 1.91 bits per heavy atom. The topological polar surface area (TPSA) is 102 Å². The van der Waals surface area contributed by atoms with Crippen LogP contribution in [0.5, 0.6) is 0 Å². The van der Waals surface area contributed by atoms with Gasteiger partial charge in [0.1, 0.15) is 6.04 Å². The average molecular weight is 301 g/mol. The number of hydrogen-bond donors (Lipinski definition) is 3. The first-order chi connectivity index (χ1) is 10.6. The fourth-order valence-corrected chi connectivity index (χ4v) is 2.86. The van der Waals surface area contributed by atoms with Crippen LogP contribution in [0.25, 0.3) is 0 Å². The van der Waals surface area contributed by atoms with E-state index in [9.17, 15) is 14.9 Å². The summed E-state index contributed by atoms with van der Waals surface area (Å²) in [5.74, 6) is -0.696. The Bertz CT molecular complexity index is 568. The predicted octanol–water partition coefficient (Wildman–Crippen LogP) is 2.19. The normalized spacial score (nSPS) is 22.1. The maximum absolute atomic E-state index is 12.4. The largest absolute Gasteiger partial charge is 0.465 e. The molecule has 0 saturated heterocycles. The third-order valence-electron chi connectivity index (χ3n) is 3.96. The number of carbonyl (C=O) groups excluding carboxylic acids is 1. The van der Waals surface area contributed by atoms with Gasteiger partial charge < -0.3 is 15.7 Å². The van der Waals surface area contributed by atoms with Gasteiger partial charge in [-0.15, -0.1) is 0 Å². The van der Waals surface area contributed by atoms with Crippen molar-refractivity contribution in [2.45, 2.75) is 37.8 Å². The van der Waals surface area contributed by atoms with Gasteiger partial charge in [-0.05, 0) is 18.4 Å². The molecule has 0 heterocycles. The minimum Gasteiger partial charge on any atom is -0.465 e. The van der Waals surface area contributed by atoms with E-state index >= 15 is 0 Å². The summed E-state index contributed by atoms with van der Waals surface area (Å²) in [7, 11) is 0. The van der Waals surface area contributed by atoms with Crippen LogP contribution in [0.2, 0.25) is 0 Å². The second-order valence-corrected chi connectivity index (χ2v) is 5.43. The van der Waals surface area contributed by atoms with Gasteiger partial charge in [-0.3, -0.25) is 4.79 Å². The first kappa shape index (κ1) is 15.8. The lowest BCUT2D eigenvalue weighted by Crippen LogP contribution is -2.48. The molecule has 2 amide bonds. The minimum absolute atomic E-state index is 0.270. The van der Waals surface area contributed by atoms with Crippen molar-refractivity contribution in [1.82, 2.24) is 10.6 Å². The number of amides is 2. The lowest BCUT2D eigenvalue weighted by Gasteiger charge is -2.30. The van der Waals surface area contributed by atoms with Gasteiger partial charge in [0.05, 0.1) is 12.0 Å². The number of benzene rings is 1. The molecule has 6 heteroatoms. The van der Waals surface area contributed by atoms with Gasteiger partial charge in [-0.25, -0.2) is 4.79 Å². The van der Waals surface area contributed by atoms with Crippen LogP contribution in [0.1, 0.15) is 37.3 Å². The number of carboxylic acid groups (broad SMARTS) is 1. The van der Waals surface area contributed by atoms with Crippen LogP contribution in [0.3, 0.4) is 0 Å². The molecule has 1 saturated carbocycles. The number of rotatable bonds is 4. The summed E-state index contributed by atoms with van der Waals surface area (Å²) in [4.78, 5) is 23.3. The quantitative estimate of drug-likeness (QED) is 0.793. The smallest absolute Gasteiger partial charge is 0.404 e. The zero-order valence-electron chi connectivity index (χ0n) is 12.2. The first-order valence-electron chi connectivity index (χ1n) is 7.36. The van der Waals surface area contributed by atoms with Gasteiger partial charge in [0.25, 0.3) is 0 Å². The third kappa shape index (κ3) is 3.98. The maximum atomic E-state index is 12.4. The summed E-state index contributed by atoms with van der Waals surface area (Å²) >= 11 is 0. The standard InChI is InChI=1S/C16H19N3O3/c17-10-14(11-6-2-1-3-7-11)18-15(20)12-8-4-5-9-13(12)19-16(21)22/h1-3,6-7,12-14,19H,4-5,8-9H2,(H,18,20)(H,21,22)/t12-,13-,14-/m1/s1. The monoisotopic (exact) mass is 301 g/mol. The molecule has 0 radical (unpaired) electrons. The van der Waals surface area contributed by atoms with E-state index < -0.39 is 18.1 Å². The van der Waals surface area contributed by atoms with Crippen molar-refractivity contribution in [3.63, 3.8) is 0 Å². The van der Waals surface area contributed by atoms with Crippen LogP contribution in [0, 0.1) is 17.2 Å². The zero-order chi connectivity index (χ0) is 15.9. The Morgan fingerprint density at radius 1 is 1.23 bits per heavy atom. The van der Waals surface area contributed by atoms with E-state index in [1.165, 1.54) is 0 Å². The maximum Gasteiger partial charge on any atom is 0.404 e.